The molecule has 1 amide bonds. The van der Waals surface area contributed by atoms with Crippen molar-refractivity contribution in [3.63, 3.8) is 0 Å². The molecule has 0 aliphatic carbocycles. The van der Waals surface area contributed by atoms with E-state index in [4.69, 9.17) is 9.47 Å². The van der Waals surface area contributed by atoms with Gasteiger partial charge in [-0.2, -0.15) is 0 Å². The summed E-state index contributed by atoms with van der Waals surface area (Å²) >= 11 is 0. The molecule has 1 fully saturated rings. The number of benzene rings is 1. The molecule has 0 aromatic heterocycles. The molecule has 0 saturated carbocycles. The van der Waals surface area contributed by atoms with Gasteiger partial charge in [-0.15, -0.1) is 0 Å². The first-order chi connectivity index (χ1) is 10.6. The van der Waals surface area contributed by atoms with Crippen LogP contribution in [-0.2, 0) is 14.3 Å². The molecular formula is C17H23NO4. The maximum Gasteiger partial charge on any atom is 0.310 e. The topological polar surface area (TPSA) is 55.8 Å². The van der Waals surface area contributed by atoms with Crippen LogP contribution in [0.15, 0.2) is 30.3 Å². The molecule has 5 heteroatoms. The van der Waals surface area contributed by atoms with Gasteiger partial charge in [-0.05, 0) is 25.0 Å². The van der Waals surface area contributed by atoms with E-state index in [1.54, 1.807) is 24.0 Å². The van der Waals surface area contributed by atoms with E-state index in [1.165, 1.54) is 7.11 Å². The SMILES string of the molecule is COC(=O)C(C)CN(CC1CCCO1)C(=O)c1ccccc1. The highest BCUT2D eigenvalue weighted by molar-refractivity contribution is 5.94. The minimum Gasteiger partial charge on any atom is -0.469 e. The Morgan fingerprint density at radius 2 is 2.09 bits per heavy atom. The Hall–Kier alpha value is -1.88. The first kappa shape index (κ1) is 16.5. The molecule has 2 atom stereocenters. The van der Waals surface area contributed by atoms with E-state index in [0.717, 1.165) is 19.4 Å². The highest BCUT2D eigenvalue weighted by Crippen LogP contribution is 2.16. The van der Waals surface area contributed by atoms with E-state index in [-0.39, 0.29) is 23.9 Å². The molecule has 1 aromatic rings. The number of amides is 1. The second kappa shape index (κ2) is 7.94. The van der Waals surface area contributed by atoms with Crippen molar-refractivity contribution in [1.29, 1.82) is 0 Å². The molecule has 1 saturated heterocycles. The van der Waals surface area contributed by atoms with Gasteiger partial charge in [0, 0.05) is 25.3 Å². The van der Waals surface area contributed by atoms with Crippen molar-refractivity contribution in [1.82, 2.24) is 4.90 Å². The summed E-state index contributed by atoms with van der Waals surface area (Å²) in [5.41, 5.74) is 0.623. The number of hydrogen-bond acceptors (Lipinski definition) is 4. The summed E-state index contributed by atoms with van der Waals surface area (Å²) in [5.74, 6) is -0.746. The van der Waals surface area contributed by atoms with Crippen molar-refractivity contribution >= 4 is 11.9 Å². The molecule has 2 unspecified atom stereocenters. The van der Waals surface area contributed by atoms with Crippen LogP contribution < -0.4 is 0 Å². The molecule has 0 radical (unpaired) electrons. The quantitative estimate of drug-likeness (QED) is 0.755. The molecule has 1 aromatic carbocycles. The Labute approximate surface area is 131 Å². The molecule has 22 heavy (non-hydrogen) atoms. The number of methoxy groups -OCH3 is 1. The van der Waals surface area contributed by atoms with Crippen LogP contribution in [0, 0.1) is 5.92 Å². The molecule has 1 aliphatic rings. The predicted octanol–water partition coefficient (Wildman–Crippen LogP) is 2.12. The number of ether oxygens (including phenoxy) is 2. The molecule has 1 heterocycles. The number of carbonyl (C=O) groups is 2. The van der Waals surface area contributed by atoms with Gasteiger partial charge in [-0.1, -0.05) is 25.1 Å². The van der Waals surface area contributed by atoms with E-state index in [9.17, 15) is 9.59 Å². The van der Waals surface area contributed by atoms with Crippen molar-refractivity contribution in [2.75, 3.05) is 26.8 Å². The highest BCUT2D eigenvalue weighted by Gasteiger charge is 2.26. The fraction of sp³-hybridized carbons (Fsp3) is 0.529. The van der Waals surface area contributed by atoms with Crippen molar-refractivity contribution in [2.24, 2.45) is 5.92 Å². The van der Waals surface area contributed by atoms with E-state index in [0.29, 0.717) is 18.7 Å². The van der Waals surface area contributed by atoms with E-state index in [1.807, 2.05) is 18.2 Å². The van der Waals surface area contributed by atoms with Gasteiger partial charge in [0.05, 0.1) is 19.1 Å². The number of esters is 1. The van der Waals surface area contributed by atoms with Crippen LogP contribution in [0.4, 0.5) is 0 Å². The van der Waals surface area contributed by atoms with Gasteiger partial charge in [0.2, 0.25) is 0 Å². The normalized spacial score (nSPS) is 18.7. The first-order valence-electron chi connectivity index (χ1n) is 7.65. The molecular weight excluding hydrogens is 282 g/mol. The van der Waals surface area contributed by atoms with Crippen LogP contribution in [0.1, 0.15) is 30.1 Å². The number of carbonyl (C=O) groups excluding carboxylic acids is 2. The fourth-order valence-corrected chi connectivity index (χ4v) is 2.64. The average molecular weight is 305 g/mol. The second-order valence-corrected chi connectivity index (χ2v) is 5.64. The van der Waals surface area contributed by atoms with Gasteiger partial charge >= 0.3 is 5.97 Å². The Balaban J connectivity index is 2.09. The monoisotopic (exact) mass is 305 g/mol. The molecule has 0 bridgehead atoms. The zero-order valence-corrected chi connectivity index (χ0v) is 13.2. The van der Waals surface area contributed by atoms with Crippen LogP contribution in [0.2, 0.25) is 0 Å². The minimum atomic E-state index is -0.362. The summed E-state index contributed by atoms with van der Waals surface area (Å²) in [6, 6.07) is 9.11. The maximum atomic E-state index is 12.7. The Bertz CT molecular complexity index is 497. The van der Waals surface area contributed by atoms with E-state index >= 15 is 0 Å². The molecule has 2 rings (SSSR count). The van der Waals surface area contributed by atoms with E-state index < -0.39 is 0 Å². The lowest BCUT2D eigenvalue weighted by atomic mass is 10.1. The lowest BCUT2D eigenvalue weighted by Crippen LogP contribution is -2.41. The summed E-state index contributed by atoms with van der Waals surface area (Å²) in [6.07, 6.45) is 2.02. The minimum absolute atomic E-state index is 0.0532. The van der Waals surface area contributed by atoms with Crippen LogP contribution in [0.25, 0.3) is 0 Å². The summed E-state index contributed by atoms with van der Waals surface area (Å²) in [4.78, 5) is 26.1. The molecule has 120 valence electrons. The number of hydrogen-bond donors (Lipinski definition) is 0. The third-order valence-electron chi connectivity index (χ3n) is 3.85. The van der Waals surface area contributed by atoms with Crippen LogP contribution in [-0.4, -0.2) is 49.7 Å². The third kappa shape index (κ3) is 4.31. The first-order valence-corrected chi connectivity index (χ1v) is 7.65. The standard InChI is InChI=1S/C17H23NO4/c1-13(17(20)21-2)11-18(12-15-9-6-10-22-15)16(19)14-7-4-3-5-8-14/h3-5,7-8,13,15H,6,9-12H2,1-2H3. The maximum absolute atomic E-state index is 12.7. The Kier molecular flexibility index (Phi) is 5.95. The smallest absolute Gasteiger partial charge is 0.310 e. The third-order valence-corrected chi connectivity index (χ3v) is 3.85. The van der Waals surface area contributed by atoms with E-state index in [2.05, 4.69) is 0 Å². The van der Waals surface area contributed by atoms with Gasteiger partial charge in [0.1, 0.15) is 0 Å². The highest BCUT2D eigenvalue weighted by atomic mass is 16.5. The average Bonchev–Trinajstić information content (AvgIpc) is 3.06. The fourth-order valence-electron chi connectivity index (χ4n) is 2.64. The number of rotatable bonds is 6. The predicted molar refractivity (Wildman–Crippen MR) is 82.5 cm³/mol. The summed E-state index contributed by atoms with van der Waals surface area (Å²) < 4.78 is 10.4. The van der Waals surface area contributed by atoms with Gasteiger partial charge in [0.15, 0.2) is 0 Å². The number of nitrogens with zero attached hydrogens (tertiary/aromatic N) is 1. The lowest BCUT2D eigenvalue weighted by Gasteiger charge is -2.27. The summed E-state index contributed by atoms with van der Waals surface area (Å²) in [7, 11) is 1.36. The summed E-state index contributed by atoms with van der Waals surface area (Å²) in [5, 5.41) is 0. The van der Waals surface area contributed by atoms with Crippen LogP contribution in [0.3, 0.4) is 0 Å². The van der Waals surface area contributed by atoms with Crippen LogP contribution in [0.5, 0.6) is 0 Å². The molecule has 0 N–H and O–H groups in total. The van der Waals surface area contributed by atoms with Gasteiger partial charge in [-0.25, -0.2) is 0 Å². The lowest BCUT2D eigenvalue weighted by molar-refractivity contribution is -0.145. The van der Waals surface area contributed by atoms with Gasteiger partial charge in [-0.3, -0.25) is 9.59 Å². The summed E-state index contributed by atoms with van der Waals surface area (Å²) in [6.45, 7) is 3.35. The van der Waals surface area contributed by atoms with Crippen molar-refractivity contribution in [2.45, 2.75) is 25.9 Å². The zero-order chi connectivity index (χ0) is 15.9. The van der Waals surface area contributed by atoms with Gasteiger partial charge in [0.25, 0.3) is 5.91 Å². The molecule has 0 spiro atoms. The Morgan fingerprint density at radius 1 is 1.36 bits per heavy atom. The molecule has 5 nitrogen and oxygen atoms in total. The zero-order valence-electron chi connectivity index (χ0n) is 13.2. The van der Waals surface area contributed by atoms with Gasteiger partial charge < -0.3 is 14.4 Å². The van der Waals surface area contributed by atoms with Crippen LogP contribution >= 0.6 is 0 Å². The van der Waals surface area contributed by atoms with Crippen molar-refractivity contribution < 1.29 is 19.1 Å². The van der Waals surface area contributed by atoms with Crippen molar-refractivity contribution in [3.8, 4) is 0 Å². The van der Waals surface area contributed by atoms with Crippen molar-refractivity contribution in [3.05, 3.63) is 35.9 Å². The molecule has 1 aliphatic heterocycles. The Morgan fingerprint density at radius 3 is 2.68 bits per heavy atom. The second-order valence-electron chi connectivity index (χ2n) is 5.64. The largest absolute Gasteiger partial charge is 0.469 e.